The van der Waals surface area contributed by atoms with Crippen molar-refractivity contribution in [3.8, 4) is 0 Å². The molecule has 0 aromatic heterocycles. The van der Waals surface area contributed by atoms with Crippen LogP contribution in [-0.4, -0.2) is 118 Å². The molecule has 0 heterocycles. The lowest BCUT2D eigenvalue weighted by Gasteiger charge is -2.13. The highest BCUT2D eigenvalue weighted by atomic mass is 16.6. The molecule has 0 saturated heterocycles. The minimum atomic E-state index is -0.153. The van der Waals surface area contributed by atoms with Gasteiger partial charge in [0.15, 0.2) is 0 Å². The molecule has 0 bridgehead atoms. The maximum Gasteiger partial charge on any atom is 0.308 e. The van der Waals surface area contributed by atoms with Crippen molar-refractivity contribution in [1.82, 2.24) is 0 Å². The molecule has 0 radical (unpaired) electrons. The molecule has 42 heavy (non-hydrogen) atoms. The maximum absolute atomic E-state index is 12.0. The van der Waals surface area contributed by atoms with Crippen LogP contribution in [0.5, 0.6) is 0 Å². The molecule has 0 spiro atoms. The quantitative estimate of drug-likeness (QED) is 0.0765. The van der Waals surface area contributed by atoms with Gasteiger partial charge in [0.1, 0.15) is 13.2 Å². The first kappa shape index (κ1) is 40.7. The van der Waals surface area contributed by atoms with E-state index < -0.39 is 0 Å². The van der Waals surface area contributed by atoms with E-state index in [1.807, 2.05) is 6.92 Å². The number of hydrogen-bond acceptors (Lipinski definition) is 11. The molecule has 0 N–H and O–H groups in total. The van der Waals surface area contributed by atoms with E-state index in [9.17, 15) is 9.59 Å². The van der Waals surface area contributed by atoms with Gasteiger partial charge in [-0.3, -0.25) is 9.59 Å². The van der Waals surface area contributed by atoms with Crippen LogP contribution in [0.2, 0.25) is 0 Å². The number of ether oxygens (including phenoxy) is 9. The topological polar surface area (TPSA) is 117 Å². The minimum absolute atomic E-state index is 0.00318. The van der Waals surface area contributed by atoms with E-state index in [2.05, 4.69) is 13.8 Å². The van der Waals surface area contributed by atoms with Gasteiger partial charge in [-0.05, 0) is 19.3 Å². The van der Waals surface area contributed by atoms with Crippen LogP contribution in [-0.2, 0) is 52.2 Å². The van der Waals surface area contributed by atoms with E-state index in [1.54, 1.807) is 0 Å². The Labute approximate surface area is 254 Å². The van der Waals surface area contributed by atoms with Crippen molar-refractivity contribution < 1.29 is 52.2 Å². The summed E-state index contributed by atoms with van der Waals surface area (Å²) >= 11 is 0. The van der Waals surface area contributed by atoms with Crippen molar-refractivity contribution in [3.05, 3.63) is 0 Å². The zero-order chi connectivity index (χ0) is 30.8. The van der Waals surface area contributed by atoms with Crippen LogP contribution in [0.1, 0.15) is 78.6 Å². The summed E-state index contributed by atoms with van der Waals surface area (Å²) in [5, 5.41) is 0. The largest absolute Gasteiger partial charge is 0.463 e. The molecule has 0 rings (SSSR count). The standard InChI is InChI=1S/C31H60O11/c1-4-7-9-10-12-30(32)41-27-25-39-23-21-37-19-17-35-15-13-34-14-16-36-18-20-38-22-24-40-26-28-42-31(33)29(6-3)11-8-5-2/h29H,4-28H2,1-3H3. The van der Waals surface area contributed by atoms with Gasteiger partial charge in [-0.15, -0.1) is 0 Å². The molecule has 0 aliphatic heterocycles. The van der Waals surface area contributed by atoms with E-state index in [4.69, 9.17) is 42.6 Å². The van der Waals surface area contributed by atoms with Gasteiger partial charge in [-0.25, -0.2) is 0 Å². The average molecular weight is 609 g/mol. The molecule has 0 amide bonds. The minimum Gasteiger partial charge on any atom is -0.463 e. The molecule has 250 valence electrons. The lowest BCUT2D eigenvalue weighted by Crippen LogP contribution is -2.20. The van der Waals surface area contributed by atoms with E-state index in [0.717, 1.165) is 51.4 Å². The fraction of sp³-hybridized carbons (Fsp3) is 0.935. The second kappa shape index (κ2) is 34.2. The molecule has 11 nitrogen and oxygen atoms in total. The Morgan fingerprint density at radius 2 is 0.833 bits per heavy atom. The molecule has 0 saturated carbocycles. The molecule has 1 atom stereocenters. The monoisotopic (exact) mass is 608 g/mol. The van der Waals surface area contributed by atoms with E-state index in [1.165, 1.54) is 0 Å². The summed E-state index contributed by atoms with van der Waals surface area (Å²) < 4.78 is 48.5. The lowest BCUT2D eigenvalue weighted by molar-refractivity contribution is -0.150. The Bertz CT molecular complexity index is 577. The lowest BCUT2D eigenvalue weighted by atomic mass is 10.00. The van der Waals surface area contributed by atoms with Crippen LogP contribution in [0.4, 0.5) is 0 Å². The van der Waals surface area contributed by atoms with Gasteiger partial charge < -0.3 is 42.6 Å². The van der Waals surface area contributed by atoms with E-state index in [0.29, 0.717) is 98.9 Å². The van der Waals surface area contributed by atoms with Crippen molar-refractivity contribution in [2.45, 2.75) is 78.6 Å². The zero-order valence-corrected chi connectivity index (χ0v) is 26.7. The number of hydrogen-bond donors (Lipinski definition) is 0. The molecule has 0 aliphatic rings. The Morgan fingerprint density at radius 1 is 0.452 bits per heavy atom. The van der Waals surface area contributed by atoms with Crippen LogP contribution in [0.3, 0.4) is 0 Å². The van der Waals surface area contributed by atoms with Crippen molar-refractivity contribution in [3.63, 3.8) is 0 Å². The summed E-state index contributed by atoms with van der Waals surface area (Å²) in [4.78, 5) is 23.5. The number of carbonyl (C=O) groups excluding carboxylic acids is 2. The number of unbranched alkanes of at least 4 members (excludes halogenated alkanes) is 4. The Balaban J connectivity index is 3.20. The van der Waals surface area contributed by atoms with Crippen molar-refractivity contribution in [1.29, 1.82) is 0 Å². The summed E-state index contributed by atoms with van der Waals surface area (Å²) in [5.41, 5.74) is 0. The highest BCUT2D eigenvalue weighted by Gasteiger charge is 2.16. The molecule has 0 aliphatic carbocycles. The van der Waals surface area contributed by atoms with Gasteiger partial charge in [-0.1, -0.05) is 52.9 Å². The third-order valence-corrected chi connectivity index (χ3v) is 6.16. The molecule has 0 fully saturated rings. The third kappa shape index (κ3) is 30.1. The van der Waals surface area contributed by atoms with Crippen LogP contribution in [0, 0.1) is 5.92 Å². The average Bonchev–Trinajstić information content (AvgIpc) is 2.99. The van der Waals surface area contributed by atoms with Crippen LogP contribution in [0.25, 0.3) is 0 Å². The van der Waals surface area contributed by atoms with Crippen molar-refractivity contribution in [2.24, 2.45) is 5.92 Å². The molecule has 0 aromatic carbocycles. The van der Waals surface area contributed by atoms with Crippen LogP contribution < -0.4 is 0 Å². The predicted octanol–water partition coefficient (Wildman–Crippen LogP) is 4.38. The van der Waals surface area contributed by atoms with Crippen LogP contribution >= 0.6 is 0 Å². The van der Waals surface area contributed by atoms with Gasteiger partial charge in [-0.2, -0.15) is 0 Å². The smallest absolute Gasteiger partial charge is 0.308 e. The third-order valence-electron chi connectivity index (χ3n) is 6.16. The zero-order valence-electron chi connectivity index (χ0n) is 26.7. The normalized spacial score (nSPS) is 12.0. The number of esters is 2. The van der Waals surface area contributed by atoms with Gasteiger partial charge in [0, 0.05) is 6.42 Å². The Hall–Kier alpha value is -1.34. The summed E-state index contributed by atoms with van der Waals surface area (Å²) in [6, 6.07) is 0. The summed E-state index contributed by atoms with van der Waals surface area (Å²) in [6.45, 7) is 13.3. The molecular weight excluding hydrogens is 548 g/mol. The van der Waals surface area contributed by atoms with Crippen molar-refractivity contribution >= 4 is 11.9 Å². The molecule has 1 unspecified atom stereocenters. The fourth-order valence-electron chi connectivity index (χ4n) is 3.66. The maximum atomic E-state index is 12.0. The van der Waals surface area contributed by atoms with Gasteiger partial charge in [0.2, 0.25) is 0 Å². The fourth-order valence-corrected chi connectivity index (χ4v) is 3.66. The SMILES string of the molecule is CCCCCCC(=O)OCCOCCOCCOCCOCCOCCOCCOCCOC(=O)C(CC)CCCC. The second-order valence-electron chi connectivity index (χ2n) is 9.73. The summed E-state index contributed by atoms with van der Waals surface area (Å²) in [6.07, 6.45) is 8.59. The Kier molecular flexibility index (Phi) is 33.1. The van der Waals surface area contributed by atoms with Crippen LogP contribution in [0.15, 0.2) is 0 Å². The van der Waals surface area contributed by atoms with Crippen molar-refractivity contribution in [2.75, 3.05) is 106 Å². The highest BCUT2D eigenvalue weighted by molar-refractivity contribution is 5.72. The summed E-state index contributed by atoms with van der Waals surface area (Å²) in [7, 11) is 0. The Morgan fingerprint density at radius 3 is 1.21 bits per heavy atom. The van der Waals surface area contributed by atoms with Gasteiger partial charge >= 0.3 is 11.9 Å². The van der Waals surface area contributed by atoms with Gasteiger partial charge in [0.25, 0.3) is 0 Å². The summed E-state index contributed by atoms with van der Waals surface area (Å²) in [5.74, 6) is -0.277. The highest BCUT2D eigenvalue weighted by Crippen LogP contribution is 2.14. The van der Waals surface area contributed by atoms with E-state index >= 15 is 0 Å². The number of rotatable bonds is 34. The molecule has 11 heteroatoms. The van der Waals surface area contributed by atoms with E-state index in [-0.39, 0.29) is 31.1 Å². The van der Waals surface area contributed by atoms with Gasteiger partial charge in [0.05, 0.1) is 98.4 Å². The molecule has 0 aromatic rings. The predicted molar refractivity (Wildman–Crippen MR) is 160 cm³/mol. The second-order valence-corrected chi connectivity index (χ2v) is 9.73. The first-order chi connectivity index (χ1) is 20.7. The first-order valence-electron chi connectivity index (χ1n) is 16.0. The molecular formula is C31H60O11. The first-order valence-corrected chi connectivity index (χ1v) is 16.0. The number of carbonyl (C=O) groups is 2.